The summed E-state index contributed by atoms with van der Waals surface area (Å²) in [6.45, 7) is 4.96. The van der Waals surface area contributed by atoms with Gasteiger partial charge in [-0.25, -0.2) is 0 Å². The minimum Gasteiger partial charge on any atom is -0.466 e. The number of hydrogen-bond acceptors (Lipinski definition) is 5. The van der Waals surface area contributed by atoms with Crippen molar-refractivity contribution in [2.75, 3.05) is 13.2 Å². The van der Waals surface area contributed by atoms with Crippen molar-refractivity contribution < 1.29 is 24.5 Å². The quantitative estimate of drug-likeness (QED) is 0.0320. The number of unbranched alkanes of at least 4 members (excludes halogenated alkanes) is 61. The Hall–Kier alpha value is -1.40. The van der Waals surface area contributed by atoms with Crippen molar-refractivity contribution in [2.45, 2.75) is 450 Å². The molecule has 0 spiro atoms. The van der Waals surface area contributed by atoms with Gasteiger partial charge < -0.3 is 20.3 Å². The lowest BCUT2D eigenvalue weighted by molar-refractivity contribution is -0.143. The Morgan fingerprint density at radius 2 is 0.561 bits per heavy atom. The highest BCUT2D eigenvalue weighted by Gasteiger charge is 2.18. The SMILES string of the molecule is CCCCCCCCCCCCCCCCC/C=C/C(O)C(CO)NC(=O)CCCCCCCCCCCCCCCCCCCCCCCCCCCCCCCCCCCOC(=O)CCCCCCCCCCCCCCCCC. The number of rotatable bonds is 72. The first-order valence-electron chi connectivity index (χ1n) is 38.0. The molecule has 0 saturated heterocycles. The molecule has 1 amide bonds. The van der Waals surface area contributed by atoms with Crippen molar-refractivity contribution in [1.82, 2.24) is 5.32 Å². The van der Waals surface area contributed by atoms with Gasteiger partial charge in [-0.2, -0.15) is 0 Å². The van der Waals surface area contributed by atoms with E-state index in [9.17, 15) is 19.8 Å². The van der Waals surface area contributed by atoms with Crippen LogP contribution in [0.5, 0.6) is 0 Å². The van der Waals surface area contributed by atoms with Crippen LogP contribution in [0.2, 0.25) is 0 Å². The van der Waals surface area contributed by atoms with Crippen LogP contribution in [-0.2, 0) is 14.3 Å². The summed E-state index contributed by atoms with van der Waals surface area (Å²) in [5, 5.41) is 23.2. The molecule has 0 heterocycles. The fourth-order valence-corrected chi connectivity index (χ4v) is 12.3. The van der Waals surface area contributed by atoms with E-state index in [1.54, 1.807) is 6.08 Å². The largest absolute Gasteiger partial charge is 0.466 e. The molecule has 0 aliphatic heterocycles. The van der Waals surface area contributed by atoms with Crippen LogP contribution < -0.4 is 5.32 Å². The molecule has 488 valence electrons. The van der Waals surface area contributed by atoms with E-state index in [0.717, 1.165) is 38.5 Å². The number of nitrogens with one attached hydrogen (secondary N) is 1. The minimum atomic E-state index is -0.841. The summed E-state index contributed by atoms with van der Waals surface area (Å²) in [6, 6.07) is -0.624. The molecule has 0 bridgehead atoms. The van der Waals surface area contributed by atoms with Gasteiger partial charge in [-0.05, 0) is 32.1 Å². The smallest absolute Gasteiger partial charge is 0.305 e. The van der Waals surface area contributed by atoms with Crippen LogP contribution in [0.3, 0.4) is 0 Å². The lowest BCUT2D eigenvalue weighted by atomic mass is 10.0. The average Bonchev–Trinajstić information content (AvgIpc) is 3.48. The van der Waals surface area contributed by atoms with E-state index >= 15 is 0 Å². The summed E-state index contributed by atoms with van der Waals surface area (Å²) >= 11 is 0. The molecular weight excluding hydrogens is 1010 g/mol. The number of ether oxygens (including phenoxy) is 1. The summed E-state index contributed by atoms with van der Waals surface area (Å²) in [5.41, 5.74) is 0. The Labute approximate surface area is 514 Å². The van der Waals surface area contributed by atoms with Crippen molar-refractivity contribution in [3.8, 4) is 0 Å². The highest BCUT2D eigenvalue weighted by Crippen LogP contribution is 2.20. The van der Waals surface area contributed by atoms with Crippen LogP contribution in [-0.4, -0.2) is 47.4 Å². The van der Waals surface area contributed by atoms with E-state index in [0.29, 0.717) is 19.4 Å². The van der Waals surface area contributed by atoms with Gasteiger partial charge in [0.05, 0.1) is 25.4 Å². The van der Waals surface area contributed by atoms with Gasteiger partial charge in [0.15, 0.2) is 0 Å². The zero-order chi connectivity index (χ0) is 59.2. The molecule has 0 aromatic heterocycles. The molecule has 0 aromatic carbocycles. The molecule has 6 heteroatoms. The fraction of sp³-hybridized carbons (Fsp3) is 0.947. The maximum atomic E-state index is 12.5. The minimum absolute atomic E-state index is 0.0254. The monoisotopic (exact) mass is 1160 g/mol. The van der Waals surface area contributed by atoms with Gasteiger partial charge in [-0.15, -0.1) is 0 Å². The number of aliphatic hydroxyl groups is 2. The van der Waals surface area contributed by atoms with Crippen molar-refractivity contribution >= 4 is 11.9 Å². The van der Waals surface area contributed by atoms with Crippen molar-refractivity contribution in [2.24, 2.45) is 0 Å². The van der Waals surface area contributed by atoms with Crippen LogP contribution in [0.1, 0.15) is 438 Å². The molecule has 82 heavy (non-hydrogen) atoms. The zero-order valence-corrected chi connectivity index (χ0v) is 56.0. The van der Waals surface area contributed by atoms with Gasteiger partial charge in [0.25, 0.3) is 0 Å². The standard InChI is InChI=1S/C76H149NO5/c1-3-5-7-9-11-13-15-17-19-37-41-44-48-52-56-60-64-68-74(79)73(72-78)77-75(80)69-65-61-57-53-49-45-42-38-35-33-31-29-27-25-23-21-20-22-24-26-28-30-32-34-36-39-43-47-51-55-59-63-67-71-82-76(81)70-66-62-58-54-50-46-40-18-16-14-12-10-8-6-4-2/h64,68,73-74,78-79H,3-63,65-67,69-72H2,1-2H3,(H,77,80)/b68-64+. The third kappa shape index (κ3) is 67.7. The molecule has 2 atom stereocenters. The summed E-state index contributed by atoms with van der Waals surface area (Å²) < 4.78 is 5.51. The zero-order valence-electron chi connectivity index (χ0n) is 56.0. The van der Waals surface area contributed by atoms with Crippen LogP contribution in [0.25, 0.3) is 0 Å². The Balaban J connectivity index is 3.32. The van der Waals surface area contributed by atoms with E-state index in [4.69, 9.17) is 4.74 Å². The summed E-state index contributed by atoms with van der Waals surface area (Å²) in [7, 11) is 0. The van der Waals surface area contributed by atoms with E-state index < -0.39 is 12.1 Å². The van der Waals surface area contributed by atoms with Crippen LogP contribution >= 0.6 is 0 Å². The normalized spacial score (nSPS) is 12.5. The lowest BCUT2D eigenvalue weighted by Crippen LogP contribution is -2.45. The third-order valence-corrected chi connectivity index (χ3v) is 18.1. The summed E-state index contributed by atoms with van der Waals surface area (Å²) in [6.07, 6.45) is 90.4. The van der Waals surface area contributed by atoms with Crippen molar-refractivity contribution in [3.05, 3.63) is 12.2 Å². The Morgan fingerprint density at radius 1 is 0.329 bits per heavy atom. The maximum absolute atomic E-state index is 12.5. The number of hydrogen-bond donors (Lipinski definition) is 3. The molecule has 0 aliphatic carbocycles. The Morgan fingerprint density at radius 3 is 0.829 bits per heavy atom. The first kappa shape index (κ1) is 80.6. The molecule has 0 saturated carbocycles. The number of allylic oxidation sites excluding steroid dienone is 1. The fourth-order valence-electron chi connectivity index (χ4n) is 12.3. The second-order valence-corrected chi connectivity index (χ2v) is 26.4. The average molecular weight is 1160 g/mol. The topological polar surface area (TPSA) is 95.9 Å². The van der Waals surface area contributed by atoms with E-state index in [1.807, 2.05) is 6.08 Å². The summed E-state index contributed by atoms with van der Waals surface area (Å²) in [5.74, 6) is -0.0338. The number of carbonyl (C=O) groups excluding carboxylic acids is 2. The van der Waals surface area contributed by atoms with Gasteiger partial charge in [0.1, 0.15) is 0 Å². The van der Waals surface area contributed by atoms with Crippen molar-refractivity contribution in [1.29, 1.82) is 0 Å². The second kappa shape index (κ2) is 72.1. The van der Waals surface area contributed by atoms with Crippen molar-refractivity contribution in [3.63, 3.8) is 0 Å². The van der Waals surface area contributed by atoms with Gasteiger partial charge in [0.2, 0.25) is 5.91 Å². The molecule has 6 nitrogen and oxygen atoms in total. The third-order valence-electron chi connectivity index (χ3n) is 18.1. The predicted molar refractivity (Wildman–Crippen MR) is 361 cm³/mol. The lowest BCUT2D eigenvalue weighted by Gasteiger charge is -2.20. The molecular formula is C76H149NO5. The van der Waals surface area contributed by atoms with E-state index in [-0.39, 0.29) is 18.5 Å². The van der Waals surface area contributed by atoms with Gasteiger partial charge in [-0.1, -0.05) is 405 Å². The molecule has 0 aromatic rings. The summed E-state index contributed by atoms with van der Waals surface area (Å²) in [4.78, 5) is 24.6. The molecule has 0 fully saturated rings. The van der Waals surface area contributed by atoms with Crippen LogP contribution in [0.4, 0.5) is 0 Å². The predicted octanol–water partition coefficient (Wildman–Crippen LogP) is 24.7. The number of esters is 1. The Kier molecular flexibility index (Phi) is 70.8. The van der Waals surface area contributed by atoms with E-state index in [2.05, 4.69) is 19.2 Å². The molecule has 0 radical (unpaired) electrons. The highest BCUT2D eigenvalue weighted by atomic mass is 16.5. The highest BCUT2D eigenvalue weighted by molar-refractivity contribution is 5.76. The number of carbonyl (C=O) groups is 2. The maximum Gasteiger partial charge on any atom is 0.305 e. The van der Waals surface area contributed by atoms with Gasteiger partial charge >= 0.3 is 5.97 Å². The molecule has 2 unspecified atom stereocenters. The molecule has 0 aliphatic rings. The van der Waals surface area contributed by atoms with Crippen LogP contribution in [0.15, 0.2) is 12.2 Å². The van der Waals surface area contributed by atoms with Gasteiger partial charge in [-0.3, -0.25) is 9.59 Å². The molecule has 0 rings (SSSR count). The first-order valence-corrected chi connectivity index (χ1v) is 38.0. The molecule has 3 N–H and O–H groups in total. The Bertz CT molecular complexity index is 1240. The van der Waals surface area contributed by atoms with E-state index in [1.165, 1.54) is 372 Å². The van der Waals surface area contributed by atoms with Crippen LogP contribution in [0, 0.1) is 0 Å². The second-order valence-electron chi connectivity index (χ2n) is 26.4. The number of amides is 1. The first-order chi connectivity index (χ1) is 40.5. The van der Waals surface area contributed by atoms with Gasteiger partial charge in [0, 0.05) is 12.8 Å². The number of aliphatic hydroxyl groups excluding tert-OH is 2.